The minimum Gasteiger partial charge on any atom is -0.381 e. The molecule has 1 fully saturated rings. The van der Waals surface area contributed by atoms with Gasteiger partial charge in [-0.25, -0.2) is 0 Å². The molecule has 2 rings (SSSR count). The van der Waals surface area contributed by atoms with E-state index in [0.717, 1.165) is 24.9 Å². The van der Waals surface area contributed by atoms with E-state index in [9.17, 15) is 4.79 Å². The maximum absolute atomic E-state index is 11.1. The highest BCUT2D eigenvalue weighted by Crippen LogP contribution is 2.29. The van der Waals surface area contributed by atoms with Crippen LogP contribution in [0.3, 0.4) is 0 Å². The van der Waals surface area contributed by atoms with Crippen molar-refractivity contribution >= 4 is 17.9 Å². The molecule has 0 bridgehead atoms. The van der Waals surface area contributed by atoms with Gasteiger partial charge >= 0.3 is 0 Å². The van der Waals surface area contributed by atoms with E-state index in [4.69, 9.17) is 16.3 Å². The van der Waals surface area contributed by atoms with E-state index in [0.29, 0.717) is 17.5 Å². The highest BCUT2D eigenvalue weighted by Gasteiger charge is 2.26. The topological polar surface area (TPSA) is 26.3 Å². The summed E-state index contributed by atoms with van der Waals surface area (Å²) in [6, 6.07) is 7.48. The van der Waals surface area contributed by atoms with Gasteiger partial charge in [0.05, 0.1) is 6.61 Å². The fourth-order valence-corrected chi connectivity index (χ4v) is 2.11. The molecule has 1 aliphatic rings. The van der Waals surface area contributed by atoms with Crippen molar-refractivity contribution in [1.29, 1.82) is 0 Å². The molecule has 1 saturated heterocycles. The van der Waals surface area contributed by atoms with Crippen LogP contribution in [0.5, 0.6) is 0 Å². The quantitative estimate of drug-likeness (QED) is 0.738. The number of rotatable bonds is 3. The fraction of sp³-hybridized carbons (Fsp3) is 0.417. The molecule has 15 heavy (non-hydrogen) atoms. The molecule has 0 amide bonds. The Morgan fingerprint density at radius 3 is 2.67 bits per heavy atom. The lowest BCUT2D eigenvalue weighted by Gasteiger charge is -2.16. The van der Waals surface area contributed by atoms with Crippen LogP contribution in [0, 0.1) is 5.92 Å². The molecule has 0 aromatic heterocycles. The summed E-state index contributed by atoms with van der Waals surface area (Å²) in [7, 11) is 0. The summed E-state index contributed by atoms with van der Waals surface area (Å²) >= 11 is 5.81. The SMILES string of the molecule is O=CC(c1ccc(Cl)cc1)C1CCOC1. The average Bonchev–Trinajstić information content (AvgIpc) is 2.75. The van der Waals surface area contributed by atoms with Gasteiger partial charge < -0.3 is 9.53 Å². The molecule has 0 spiro atoms. The Morgan fingerprint density at radius 2 is 2.13 bits per heavy atom. The van der Waals surface area contributed by atoms with E-state index in [2.05, 4.69) is 0 Å². The third-order valence-electron chi connectivity index (χ3n) is 2.87. The summed E-state index contributed by atoms with van der Waals surface area (Å²) in [4.78, 5) is 11.1. The number of hydrogen-bond donors (Lipinski definition) is 0. The molecule has 0 aliphatic carbocycles. The number of ether oxygens (including phenoxy) is 1. The molecule has 1 aliphatic heterocycles. The van der Waals surface area contributed by atoms with Gasteiger partial charge in [-0.1, -0.05) is 23.7 Å². The molecule has 1 aromatic carbocycles. The van der Waals surface area contributed by atoms with Crippen molar-refractivity contribution in [3.63, 3.8) is 0 Å². The van der Waals surface area contributed by atoms with Gasteiger partial charge in [-0.2, -0.15) is 0 Å². The van der Waals surface area contributed by atoms with E-state index in [1.54, 1.807) is 0 Å². The molecule has 0 saturated carbocycles. The predicted molar refractivity (Wildman–Crippen MR) is 59.2 cm³/mol. The molecule has 2 unspecified atom stereocenters. The molecule has 1 heterocycles. The number of benzene rings is 1. The van der Waals surface area contributed by atoms with E-state index in [1.165, 1.54) is 0 Å². The van der Waals surface area contributed by atoms with Crippen LogP contribution in [0.15, 0.2) is 24.3 Å². The Bertz CT molecular complexity index is 328. The first-order chi connectivity index (χ1) is 7.31. The Labute approximate surface area is 94.2 Å². The van der Waals surface area contributed by atoms with E-state index in [-0.39, 0.29) is 5.92 Å². The minimum atomic E-state index is -0.0511. The zero-order valence-corrected chi connectivity index (χ0v) is 9.11. The zero-order chi connectivity index (χ0) is 10.7. The first-order valence-electron chi connectivity index (χ1n) is 5.10. The summed E-state index contributed by atoms with van der Waals surface area (Å²) in [5.74, 6) is 0.272. The van der Waals surface area contributed by atoms with Crippen LogP contribution in [0.4, 0.5) is 0 Å². The standard InChI is InChI=1S/C12H13ClO2/c13-11-3-1-9(2-4-11)12(7-14)10-5-6-15-8-10/h1-4,7,10,12H,5-6,8H2. The second-order valence-corrected chi connectivity index (χ2v) is 4.27. The van der Waals surface area contributed by atoms with Crippen LogP contribution in [0.1, 0.15) is 17.9 Å². The number of aldehydes is 1. The molecule has 0 N–H and O–H groups in total. The van der Waals surface area contributed by atoms with Gasteiger partial charge in [0.25, 0.3) is 0 Å². The molecular weight excluding hydrogens is 212 g/mol. The number of carbonyl (C=O) groups excluding carboxylic acids is 1. The molecule has 80 valence electrons. The van der Waals surface area contributed by atoms with Crippen LogP contribution >= 0.6 is 11.6 Å². The first kappa shape index (κ1) is 10.7. The first-order valence-corrected chi connectivity index (χ1v) is 5.47. The number of carbonyl (C=O) groups is 1. The summed E-state index contributed by atoms with van der Waals surface area (Å²) in [6.07, 6.45) is 1.98. The Morgan fingerprint density at radius 1 is 1.40 bits per heavy atom. The Hall–Kier alpha value is -0.860. The Kier molecular flexibility index (Phi) is 3.39. The second kappa shape index (κ2) is 4.77. The van der Waals surface area contributed by atoms with Crippen LogP contribution in [0.2, 0.25) is 5.02 Å². The summed E-state index contributed by atoms with van der Waals surface area (Å²) in [5, 5.41) is 0.700. The number of hydrogen-bond acceptors (Lipinski definition) is 2. The van der Waals surface area contributed by atoms with Gasteiger partial charge in [0.15, 0.2) is 0 Å². The van der Waals surface area contributed by atoms with Gasteiger partial charge in [0, 0.05) is 17.5 Å². The van der Waals surface area contributed by atoms with Crippen molar-refractivity contribution in [3.05, 3.63) is 34.9 Å². The van der Waals surface area contributed by atoms with Crippen LogP contribution in [0.25, 0.3) is 0 Å². The van der Waals surface area contributed by atoms with Gasteiger partial charge in [0.2, 0.25) is 0 Å². The molecule has 2 nitrogen and oxygen atoms in total. The molecule has 2 atom stereocenters. The van der Waals surface area contributed by atoms with Crippen LogP contribution in [-0.4, -0.2) is 19.5 Å². The summed E-state index contributed by atoms with van der Waals surface area (Å²) < 4.78 is 5.30. The molecular formula is C12H13ClO2. The van der Waals surface area contributed by atoms with Gasteiger partial charge in [-0.15, -0.1) is 0 Å². The Balaban J connectivity index is 2.18. The number of halogens is 1. The molecule has 1 aromatic rings. The zero-order valence-electron chi connectivity index (χ0n) is 8.36. The maximum atomic E-state index is 11.1. The van der Waals surface area contributed by atoms with E-state index < -0.39 is 0 Å². The lowest BCUT2D eigenvalue weighted by molar-refractivity contribution is -0.110. The highest BCUT2D eigenvalue weighted by atomic mass is 35.5. The van der Waals surface area contributed by atoms with Crippen molar-refractivity contribution in [3.8, 4) is 0 Å². The van der Waals surface area contributed by atoms with Crippen LogP contribution < -0.4 is 0 Å². The van der Waals surface area contributed by atoms with Gasteiger partial charge in [0.1, 0.15) is 6.29 Å². The fourth-order valence-electron chi connectivity index (χ4n) is 1.98. The normalized spacial score (nSPS) is 22.6. The smallest absolute Gasteiger partial charge is 0.127 e. The van der Waals surface area contributed by atoms with Crippen molar-refractivity contribution in [1.82, 2.24) is 0 Å². The van der Waals surface area contributed by atoms with Gasteiger partial charge in [-0.05, 0) is 30.0 Å². The highest BCUT2D eigenvalue weighted by molar-refractivity contribution is 6.30. The third kappa shape index (κ3) is 2.39. The molecule has 0 radical (unpaired) electrons. The third-order valence-corrected chi connectivity index (χ3v) is 3.13. The summed E-state index contributed by atoms with van der Waals surface area (Å²) in [6.45, 7) is 1.45. The average molecular weight is 225 g/mol. The monoisotopic (exact) mass is 224 g/mol. The lowest BCUT2D eigenvalue weighted by atomic mass is 9.87. The van der Waals surface area contributed by atoms with Crippen molar-refractivity contribution in [2.45, 2.75) is 12.3 Å². The second-order valence-electron chi connectivity index (χ2n) is 3.84. The van der Waals surface area contributed by atoms with Crippen LogP contribution in [-0.2, 0) is 9.53 Å². The van der Waals surface area contributed by atoms with Crippen molar-refractivity contribution < 1.29 is 9.53 Å². The summed E-state index contributed by atoms with van der Waals surface area (Å²) in [5.41, 5.74) is 1.03. The van der Waals surface area contributed by atoms with Gasteiger partial charge in [-0.3, -0.25) is 0 Å². The molecule has 3 heteroatoms. The lowest BCUT2D eigenvalue weighted by Crippen LogP contribution is -2.14. The predicted octanol–water partition coefficient (Wildman–Crippen LogP) is 2.66. The van der Waals surface area contributed by atoms with E-state index >= 15 is 0 Å². The van der Waals surface area contributed by atoms with E-state index in [1.807, 2.05) is 24.3 Å². The van der Waals surface area contributed by atoms with Crippen molar-refractivity contribution in [2.75, 3.05) is 13.2 Å². The minimum absolute atomic E-state index is 0.0511. The maximum Gasteiger partial charge on any atom is 0.127 e. The van der Waals surface area contributed by atoms with Crippen molar-refractivity contribution in [2.24, 2.45) is 5.92 Å². The largest absolute Gasteiger partial charge is 0.381 e.